The molecule has 2 saturated heterocycles. The Morgan fingerprint density at radius 1 is 1.26 bits per heavy atom. The van der Waals surface area contributed by atoms with Crippen LogP contribution >= 0.6 is 18.3 Å². The number of benzene rings is 1. The second-order valence-electron chi connectivity index (χ2n) is 5.16. The van der Waals surface area contributed by atoms with Gasteiger partial charge in [-0.05, 0) is 17.7 Å². The van der Waals surface area contributed by atoms with Crippen LogP contribution < -0.4 is 10.1 Å². The molecule has 2 atom stereocenters. The fourth-order valence-electron chi connectivity index (χ4n) is 2.33. The lowest BCUT2D eigenvalue weighted by atomic mass is 10.1. The van der Waals surface area contributed by atoms with Gasteiger partial charge in [0.15, 0.2) is 11.8 Å². The highest BCUT2D eigenvalue weighted by Gasteiger charge is 2.29. The summed E-state index contributed by atoms with van der Waals surface area (Å²) in [5, 5.41) is 3.16. The normalized spacial score (nSPS) is 22.7. The average Bonchev–Trinajstić information content (AvgIpc) is 2.64. The summed E-state index contributed by atoms with van der Waals surface area (Å²) < 4.78 is 18.1. The highest BCUT2D eigenvalue weighted by Crippen LogP contribution is 2.36. The molecule has 0 aromatic heterocycles. The summed E-state index contributed by atoms with van der Waals surface area (Å²) in [5.41, 5.74) is 1.16. The molecule has 23 heavy (non-hydrogen) atoms. The summed E-state index contributed by atoms with van der Waals surface area (Å²) >= 11 is 9.58. The van der Waals surface area contributed by atoms with Crippen LogP contribution in [0.15, 0.2) is 24.3 Å². The van der Waals surface area contributed by atoms with Crippen molar-refractivity contribution in [3.05, 3.63) is 29.8 Å². The van der Waals surface area contributed by atoms with E-state index in [0.717, 1.165) is 50.7 Å². The van der Waals surface area contributed by atoms with Crippen molar-refractivity contribution in [3.63, 3.8) is 0 Å². The molecule has 2 fully saturated rings. The number of hydrogen-bond donors (Lipinski definition) is 2. The minimum absolute atomic E-state index is 0.0924. The Bertz CT molecular complexity index is 475. The van der Waals surface area contributed by atoms with Crippen LogP contribution in [0.3, 0.4) is 0 Å². The first-order chi connectivity index (χ1) is 11.2. The summed E-state index contributed by atoms with van der Waals surface area (Å²) in [6.07, 6.45) is 0.0924. The van der Waals surface area contributed by atoms with Crippen LogP contribution in [0.4, 0.5) is 0 Å². The molecule has 128 valence electrons. The zero-order valence-electron chi connectivity index (χ0n) is 13.3. The van der Waals surface area contributed by atoms with E-state index >= 15 is 0 Å². The van der Waals surface area contributed by atoms with Crippen molar-refractivity contribution in [2.75, 3.05) is 53.1 Å². The van der Waals surface area contributed by atoms with Gasteiger partial charge in [-0.3, -0.25) is 0 Å². The van der Waals surface area contributed by atoms with Crippen molar-refractivity contribution in [1.82, 2.24) is 9.99 Å². The van der Waals surface area contributed by atoms with E-state index in [0.29, 0.717) is 6.61 Å². The fourth-order valence-corrected chi connectivity index (χ4v) is 3.80. The minimum atomic E-state index is -0.739. The maximum Gasteiger partial charge on any atom is 0.337 e. The van der Waals surface area contributed by atoms with Crippen LogP contribution in [-0.2, 0) is 21.3 Å². The first kappa shape index (κ1) is 19.1. The zero-order valence-corrected chi connectivity index (χ0v) is 15.9. The molecule has 2 heterocycles. The van der Waals surface area contributed by atoms with Gasteiger partial charge in [-0.1, -0.05) is 12.1 Å². The van der Waals surface area contributed by atoms with Gasteiger partial charge in [0.2, 0.25) is 0 Å². The number of methoxy groups -OCH3 is 1. The summed E-state index contributed by atoms with van der Waals surface area (Å²) in [5.74, 6) is 0.862. The number of morpholine rings is 2. The smallest absolute Gasteiger partial charge is 0.337 e. The minimum Gasteiger partial charge on any atom is -0.497 e. The first-order valence-electron chi connectivity index (χ1n) is 7.65. The van der Waals surface area contributed by atoms with Crippen molar-refractivity contribution in [1.29, 1.82) is 0 Å². The van der Waals surface area contributed by atoms with Crippen LogP contribution in [0, 0.1) is 0 Å². The van der Waals surface area contributed by atoms with Gasteiger partial charge in [-0.25, -0.2) is 0 Å². The zero-order chi connectivity index (χ0) is 16.5. The highest BCUT2D eigenvalue weighted by atomic mass is 32.9. The third kappa shape index (κ3) is 6.63. The molecule has 2 aliphatic rings. The van der Waals surface area contributed by atoms with Crippen LogP contribution in [0.2, 0.25) is 0 Å². The Labute approximate surface area is 149 Å². The molecule has 5 nitrogen and oxygen atoms in total. The van der Waals surface area contributed by atoms with Crippen LogP contribution in [0.25, 0.3) is 0 Å². The van der Waals surface area contributed by atoms with Crippen molar-refractivity contribution < 1.29 is 14.2 Å². The average molecular weight is 375 g/mol. The van der Waals surface area contributed by atoms with Crippen molar-refractivity contribution in [2.45, 2.75) is 6.10 Å². The lowest BCUT2D eigenvalue weighted by molar-refractivity contribution is -0.000170. The number of ether oxygens (including phenoxy) is 3. The molecule has 1 N–H and O–H groups in total. The third-order valence-electron chi connectivity index (χ3n) is 3.62. The van der Waals surface area contributed by atoms with E-state index < -0.39 is 6.05 Å². The van der Waals surface area contributed by atoms with E-state index in [1.54, 1.807) is 7.11 Å². The lowest BCUT2D eigenvalue weighted by Crippen LogP contribution is -2.33. The lowest BCUT2D eigenvalue weighted by Gasteiger charge is -2.26. The number of rotatable bonds is 3. The quantitative estimate of drug-likeness (QED) is 0.625. The molecule has 3 rings (SSSR count). The Balaban J connectivity index is 0.000000268. The largest absolute Gasteiger partial charge is 0.497 e. The summed E-state index contributed by atoms with van der Waals surface area (Å²) in [4.78, 5) is 0. The fraction of sp³-hybridized carbons (Fsp3) is 0.600. The topological polar surface area (TPSA) is 43.0 Å². The molecule has 1 aromatic rings. The first-order valence-corrected chi connectivity index (χ1v) is 11.1. The monoisotopic (exact) mass is 375 g/mol. The van der Waals surface area contributed by atoms with Gasteiger partial charge >= 0.3 is 6.05 Å². The molecular formula is C15H24N2O3PS2+. The molecule has 8 heteroatoms. The van der Waals surface area contributed by atoms with Crippen LogP contribution in [0.1, 0.15) is 11.7 Å². The van der Waals surface area contributed by atoms with E-state index in [1.807, 2.05) is 24.3 Å². The maximum absolute atomic E-state index is 5.77. The second-order valence-corrected chi connectivity index (χ2v) is 9.22. The molecule has 0 saturated carbocycles. The molecule has 2 aliphatic heterocycles. The van der Waals surface area contributed by atoms with Crippen LogP contribution in [-0.4, -0.2) is 57.8 Å². The molecule has 2 unspecified atom stereocenters. The molecule has 1 aromatic carbocycles. The Morgan fingerprint density at radius 2 is 1.96 bits per heavy atom. The van der Waals surface area contributed by atoms with E-state index in [1.165, 1.54) is 0 Å². The van der Waals surface area contributed by atoms with Gasteiger partial charge in [0.25, 0.3) is 0 Å². The highest BCUT2D eigenvalue weighted by molar-refractivity contribution is 8.55. The molecule has 0 amide bonds. The third-order valence-corrected chi connectivity index (χ3v) is 5.92. The predicted molar refractivity (Wildman–Crippen MR) is 100 cm³/mol. The Hall–Kier alpha value is -0.270. The number of nitrogens with zero attached hydrogens (tertiary/aromatic N) is 1. The second kappa shape index (κ2) is 10.6. The molecule has 0 bridgehead atoms. The Morgan fingerprint density at radius 3 is 2.43 bits per heavy atom. The summed E-state index contributed by atoms with van der Waals surface area (Å²) in [6.45, 7) is 6.25. The van der Waals surface area contributed by atoms with E-state index in [2.05, 4.69) is 22.2 Å². The standard InChI is InChI=1S/C11H14NO2PS2.C4H9NO/c1-13-10-4-2-9(3-5-10)11-8-12(15(16)17)6-7-14-11;1-3-6-4-2-5-1/h2-5,11H,6-8H2,1H3;5H,1-4H2/p+1. The van der Waals surface area contributed by atoms with Gasteiger partial charge in [0, 0.05) is 13.1 Å². The molecule has 0 radical (unpaired) electrons. The number of hydrogen-bond acceptors (Lipinski definition) is 5. The summed E-state index contributed by atoms with van der Waals surface area (Å²) in [6, 6.07) is 7.25. The maximum atomic E-state index is 5.77. The van der Waals surface area contributed by atoms with Gasteiger partial charge in [0.1, 0.15) is 5.75 Å². The number of thiol groups is 1. The molecular weight excluding hydrogens is 351 g/mol. The molecule has 0 aliphatic carbocycles. The predicted octanol–water partition coefficient (Wildman–Crippen LogP) is 2.38. The molecule has 0 spiro atoms. The Kier molecular flexibility index (Phi) is 8.76. The van der Waals surface area contributed by atoms with Crippen molar-refractivity contribution >= 4 is 30.1 Å². The van der Waals surface area contributed by atoms with Gasteiger partial charge in [0.05, 0.1) is 58.4 Å². The SMILES string of the molecule is C1COCCN1.COc1ccc(C2CN([P+](=S)S)CCO2)cc1. The van der Waals surface area contributed by atoms with E-state index in [-0.39, 0.29) is 6.10 Å². The van der Waals surface area contributed by atoms with E-state index in [9.17, 15) is 0 Å². The van der Waals surface area contributed by atoms with Crippen LogP contribution in [0.5, 0.6) is 5.75 Å². The summed E-state index contributed by atoms with van der Waals surface area (Å²) in [7, 11) is 1.67. The van der Waals surface area contributed by atoms with Gasteiger partial charge < -0.3 is 19.5 Å². The van der Waals surface area contributed by atoms with Gasteiger partial charge in [-0.15, -0.1) is 4.67 Å². The van der Waals surface area contributed by atoms with Crippen molar-refractivity contribution in [3.8, 4) is 5.75 Å². The number of nitrogens with one attached hydrogen (secondary N) is 1. The van der Waals surface area contributed by atoms with Gasteiger partial charge in [-0.2, -0.15) is 0 Å². The van der Waals surface area contributed by atoms with Crippen molar-refractivity contribution in [2.24, 2.45) is 0 Å². The van der Waals surface area contributed by atoms with E-state index in [4.69, 9.17) is 26.0 Å².